The number of aryl methyl sites for hydroxylation is 3. The highest BCUT2D eigenvalue weighted by Crippen LogP contribution is 2.31. The maximum Gasteiger partial charge on any atom is 0.161 e. The van der Waals surface area contributed by atoms with Gasteiger partial charge in [0.2, 0.25) is 0 Å². The van der Waals surface area contributed by atoms with Crippen LogP contribution in [0.5, 0.6) is 17.2 Å². The Morgan fingerprint density at radius 3 is 2.76 bits per heavy atom. The fourth-order valence-corrected chi connectivity index (χ4v) is 4.98. The molecule has 2 atom stereocenters. The third-order valence-electron chi connectivity index (χ3n) is 6.95. The minimum Gasteiger partial charge on any atom is -0.493 e. The number of β-amino-alcohol motifs (C(OH)–C–C–N with tert-alkyl or cyclic N) is 1. The molecule has 0 spiro atoms. The number of piperidine rings is 1. The number of ether oxygens (including phenoxy) is 3. The van der Waals surface area contributed by atoms with Crippen molar-refractivity contribution in [1.29, 1.82) is 0 Å². The molecule has 0 unspecified atom stereocenters. The molecule has 0 radical (unpaired) electrons. The summed E-state index contributed by atoms with van der Waals surface area (Å²) in [6.45, 7) is 6.94. The van der Waals surface area contributed by atoms with Crippen molar-refractivity contribution in [3.63, 3.8) is 0 Å². The summed E-state index contributed by atoms with van der Waals surface area (Å²) in [6.07, 6.45) is 5.15. The minimum absolute atomic E-state index is 0.0528. The van der Waals surface area contributed by atoms with Gasteiger partial charge in [-0.15, -0.1) is 0 Å². The number of nitrogens with zero attached hydrogens (tertiary/aromatic N) is 3. The molecule has 1 saturated heterocycles. The van der Waals surface area contributed by atoms with Crippen molar-refractivity contribution in [2.75, 3.05) is 33.4 Å². The van der Waals surface area contributed by atoms with Crippen molar-refractivity contribution in [2.45, 2.75) is 57.9 Å². The zero-order valence-corrected chi connectivity index (χ0v) is 23.2. The Labute approximate surface area is 229 Å². The van der Waals surface area contributed by atoms with Gasteiger partial charge in [-0.1, -0.05) is 30.7 Å². The lowest BCUT2D eigenvalue weighted by Gasteiger charge is -2.42. The maximum absolute atomic E-state index is 11.3. The van der Waals surface area contributed by atoms with E-state index in [1.165, 1.54) is 0 Å². The number of halogens is 1. The zero-order valence-electron chi connectivity index (χ0n) is 22.4. The van der Waals surface area contributed by atoms with Crippen LogP contribution in [0.15, 0.2) is 48.8 Å². The molecule has 1 fully saturated rings. The summed E-state index contributed by atoms with van der Waals surface area (Å²) in [5.41, 5.74) is 0.625. The van der Waals surface area contributed by atoms with E-state index in [2.05, 4.69) is 21.4 Å². The van der Waals surface area contributed by atoms with Crippen LogP contribution >= 0.6 is 11.6 Å². The van der Waals surface area contributed by atoms with Gasteiger partial charge in [0, 0.05) is 45.0 Å². The lowest BCUT2D eigenvalue weighted by Crippen LogP contribution is -2.59. The monoisotopic (exact) mass is 543 g/mol. The quantitative estimate of drug-likeness (QED) is 0.330. The highest BCUT2D eigenvalue weighted by Gasteiger charge is 2.42. The molecule has 8 nitrogen and oxygen atoms in total. The summed E-state index contributed by atoms with van der Waals surface area (Å²) in [5, 5.41) is 22.3. The second-order valence-electron chi connectivity index (χ2n) is 9.92. The van der Waals surface area contributed by atoms with Gasteiger partial charge in [-0.25, -0.2) is 4.98 Å². The van der Waals surface area contributed by atoms with Crippen LogP contribution in [-0.2, 0) is 19.5 Å². The van der Waals surface area contributed by atoms with Gasteiger partial charge >= 0.3 is 0 Å². The smallest absolute Gasteiger partial charge is 0.161 e. The summed E-state index contributed by atoms with van der Waals surface area (Å²) in [6, 6.07) is 11.4. The van der Waals surface area contributed by atoms with Crippen LogP contribution in [-0.4, -0.2) is 69.8 Å². The van der Waals surface area contributed by atoms with Gasteiger partial charge in [-0.05, 0) is 55.2 Å². The Morgan fingerprint density at radius 1 is 1.13 bits per heavy atom. The molecular weight excluding hydrogens is 506 g/mol. The van der Waals surface area contributed by atoms with Gasteiger partial charge in [-0.2, -0.15) is 0 Å². The van der Waals surface area contributed by atoms with Gasteiger partial charge in [0.25, 0.3) is 0 Å². The molecule has 0 aliphatic carbocycles. The second-order valence-corrected chi connectivity index (χ2v) is 10.3. The summed E-state index contributed by atoms with van der Waals surface area (Å²) in [7, 11) is 1.63. The number of imidazole rings is 1. The van der Waals surface area contributed by atoms with Crippen LogP contribution < -0.4 is 14.2 Å². The van der Waals surface area contributed by atoms with Crippen molar-refractivity contribution in [1.82, 2.24) is 14.5 Å². The zero-order chi connectivity index (χ0) is 27.1. The van der Waals surface area contributed by atoms with Crippen molar-refractivity contribution < 1.29 is 24.4 Å². The average molecular weight is 544 g/mol. The highest BCUT2D eigenvalue weighted by molar-refractivity contribution is 6.32. The first-order valence-electron chi connectivity index (χ1n) is 13.1. The molecule has 1 aliphatic rings. The van der Waals surface area contributed by atoms with E-state index in [1.54, 1.807) is 13.2 Å². The molecule has 2 heterocycles. The van der Waals surface area contributed by atoms with E-state index in [9.17, 15) is 10.2 Å². The fourth-order valence-electron chi connectivity index (χ4n) is 4.81. The van der Waals surface area contributed by atoms with Gasteiger partial charge in [0.05, 0.1) is 24.8 Å². The van der Waals surface area contributed by atoms with E-state index in [0.29, 0.717) is 48.4 Å². The summed E-state index contributed by atoms with van der Waals surface area (Å²) in [5.74, 6) is 2.95. The Kier molecular flexibility index (Phi) is 9.54. The van der Waals surface area contributed by atoms with Crippen LogP contribution in [0, 0.1) is 6.92 Å². The number of hydrogen-bond acceptors (Lipinski definition) is 7. The van der Waals surface area contributed by atoms with E-state index < -0.39 is 11.7 Å². The van der Waals surface area contributed by atoms with Crippen molar-refractivity contribution in [3.05, 3.63) is 70.8 Å². The van der Waals surface area contributed by atoms with Gasteiger partial charge in [0.1, 0.15) is 23.8 Å². The molecule has 38 heavy (non-hydrogen) atoms. The van der Waals surface area contributed by atoms with E-state index >= 15 is 0 Å². The molecule has 206 valence electrons. The molecule has 4 rings (SSSR count). The predicted octanol–water partition coefficient (Wildman–Crippen LogP) is 4.26. The molecule has 1 aromatic heterocycles. The Bertz CT molecular complexity index is 1200. The first-order valence-corrected chi connectivity index (χ1v) is 13.5. The lowest BCUT2D eigenvalue weighted by molar-refractivity contribution is -0.140. The maximum atomic E-state index is 11.3. The van der Waals surface area contributed by atoms with Gasteiger partial charge in [0.15, 0.2) is 11.5 Å². The molecule has 0 saturated carbocycles. The van der Waals surface area contributed by atoms with Crippen LogP contribution in [0.2, 0.25) is 5.02 Å². The van der Waals surface area contributed by atoms with E-state index in [0.717, 1.165) is 36.3 Å². The van der Waals surface area contributed by atoms with Crippen LogP contribution in [0.25, 0.3) is 0 Å². The van der Waals surface area contributed by atoms with Gasteiger partial charge < -0.3 is 29.0 Å². The first-order chi connectivity index (χ1) is 18.3. The minimum atomic E-state index is -1.41. The number of hydrogen-bond donors (Lipinski definition) is 2. The molecule has 3 aromatic rings. The molecule has 2 aromatic carbocycles. The number of benzene rings is 2. The molecule has 0 amide bonds. The fraction of sp³-hybridized carbons (Fsp3) is 0.483. The van der Waals surface area contributed by atoms with Crippen LogP contribution in [0.3, 0.4) is 0 Å². The van der Waals surface area contributed by atoms with E-state index in [4.69, 9.17) is 25.8 Å². The normalized spacial score (nSPS) is 19.9. The average Bonchev–Trinajstić information content (AvgIpc) is 3.37. The Morgan fingerprint density at radius 2 is 1.97 bits per heavy atom. The largest absolute Gasteiger partial charge is 0.493 e. The lowest BCUT2D eigenvalue weighted by atomic mass is 9.90. The molecular formula is C29H38ClN3O5. The molecule has 0 bridgehead atoms. The molecule has 2 N–H and O–H groups in total. The van der Waals surface area contributed by atoms with E-state index in [1.807, 2.05) is 49.6 Å². The Balaban J connectivity index is 1.32. The number of methoxy groups -OCH3 is 1. The van der Waals surface area contributed by atoms with Crippen LogP contribution in [0.1, 0.15) is 36.7 Å². The second kappa shape index (κ2) is 12.8. The predicted molar refractivity (Wildman–Crippen MR) is 147 cm³/mol. The van der Waals surface area contributed by atoms with E-state index in [-0.39, 0.29) is 13.2 Å². The van der Waals surface area contributed by atoms with Gasteiger partial charge in [-0.3, -0.25) is 4.90 Å². The SMILES string of the molecule is CCc1nccn1CCCOc1ccc(CN2CC[C@H](O)[C@@](O)(COc3cc(C)ccc3Cl)C2)cc1OC. The number of aliphatic hydroxyl groups excluding tert-OH is 1. The molecule has 9 heteroatoms. The standard InChI is InChI=1S/C29H38ClN3O5/c1-4-28-31-11-14-33(28)12-5-15-37-24-9-7-22(17-26(24)36-3)18-32-13-10-27(34)29(35,19-32)20-38-25-16-21(2)6-8-23(25)30/h6-9,11,14,16-17,27,34-35H,4-5,10,12-13,15,18-20H2,1-3H3/t27-,29-/m0/s1. The van der Waals surface area contributed by atoms with Crippen molar-refractivity contribution in [3.8, 4) is 17.2 Å². The highest BCUT2D eigenvalue weighted by atomic mass is 35.5. The summed E-state index contributed by atoms with van der Waals surface area (Å²) < 4.78 is 19.6. The topological polar surface area (TPSA) is 89.2 Å². The number of aliphatic hydroxyl groups is 2. The van der Waals surface area contributed by atoms with Crippen molar-refractivity contribution in [2.24, 2.45) is 0 Å². The third kappa shape index (κ3) is 6.99. The molecule has 1 aliphatic heterocycles. The number of likely N-dealkylation sites (tertiary alicyclic amines) is 1. The van der Waals surface area contributed by atoms with Crippen LogP contribution in [0.4, 0.5) is 0 Å². The van der Waals surface area contributed by atoms with Crippen molar-refractivity contribution >= 4 is 11.6 Å². The Hall–Kier alpha value is -2.78. The number of aromatic nitrogens is 2. The number of rotatable bonds is 12. The summed E-state index contributed by atoms with van der Waals surface area (Å²) in [4.78, 5) is 6.47. The summed E-state index contributed by atoms with van der Waals surface area (Å²) >= 11 is 6.24. The first kappa shape index (κ1) is 28.2. The third-order valence-corrected chi connectivity index (χ3v) is 7.27.